The Kier molecular flexibility index (Phi) is 5.26. The van der Waals surface area contributed by atoms with Crippen LogP contribution in [0.15, 0.2) is 47.3 Å². The lowest BCUT2D eigenvalue weighted by atomic mass is 10.2. The topological polar surface area (TPSA) is 65.8 Å². The van der Waals surface area contributed by atoms with Gasteiger partial charge < -0.3 is 19.1 Å². The molecule has 0 amide bonds. The average Bonchev–Trinajstić information content (AvgIpc) is 2.76. The van der Waals surface area contributed by atoms with E-state index in [0.29, 0.717) is 37.8 Å². The Labute approximate surface area is 182 Å². The van der Waals surface area contributed by atoms with Crippen molar-refractivity contribution < 1.29 is 23.0 Å². The highest BCUT2D eigenvalue weighted by Gasteiger charge is 2.30. The summed E-state index contributed by atoms with van der Waals surface area (Å²) in [5.74, 6) is -1.01. The Morgan fingerprint density at radius 3 is 2.75 bits per heavy atom. The van der Waals surface area contributed by atoms with E-state index in [1.807, 2.05) is 17.9 Å². The first kappa shape index (κ1) is 20.4. The van der Waals surface area contributed by atoms with Gasteiger partial charge >= 0.3 is 5.69 Å². The van der Waals surface area contributed by atoms with Crippen LogP contribution in [0.5, 0.6) is 17.4 Å². The zero-order chi connectivity index (χ0) is 22.2. The molecule has 1 atom stereocenters. The molecule has 5 rings (SSSR count). The summed E-state index contributed by atoms with van der Waals surface area (Å²) in [7, 11) is 0. The molecule has 1 aromatic heterocycles. The molecule has 0 saturated carbocycles. The molecular formula is C23H21F2N3O4. The van der Waals surface area contributed by atoms with Crippen molar-refractivity contribution in [1.82, 2.24) is 9.55 Å². The Morgan fingerprint density at radius 2 is 1.97 bits per heavy atom. The quantitative estimate of drug-likeness (QED) is 0.605. The number of morpholine rings is 1. The van der Waals surface area contributed by atoms with Crippen molar-refractivity contribution in [3.05, 3.63) is 75.7 Å². The molecule has 1 saturated heterocycles. The van der Waals surface area contributed by atoms with Gasteiger partial charge in [-0.25, -0.2) is 13.6 Å². The fourth-order valence-corrected chi connectivity index (χ4v) is 3.97. The van der Waals surface area contributed by atoms with Crippen molar-refractivity contribution in [2.24, 2.45) is 0 Å². The van der Waals surface area contributed by atoms with E-state index in [1.165, 1.54) is 0 Å². The second kappa shape index (κ2) is 8.23. The highest BCUT2D eigenvalue weighted by atomic mass is 19.1. The van der Waals surface area contributed by atoms with Gasteiger partial charge in [-0.2, -0.15) is 4.98 Å². The average molecular weight is 441 g/mol. The third kappa shape index (κ3) is 4.03. The standard InChI is InChI=1S/C23H21F2N3O4/c1-14-3-2-4-16(7-14)32-22-18(24)8-15(9-19(22)25)13-31-20-10-21-27-5-6-30-17(11-27)12-28(21)23(29)26-20/h2-4,7-10,17H,5-6,11-13H2,1H3/t17-/m0/s1. The molecule has 1 fully saturated rings. The second-order valence-electron chi connectivity index (χ2n) is 7.88. The van der Waals surface area contributed by atoms with Gasteiger partial charge in [-0.05, 0) is 42.3 Å². The Hall–Kier alpha value is -3.46. The van der Waals surface area contributed by atoms with Crippen molar-refractivity contribution in [2.75, 3.05) is 24.6 Å². The van der Waals surface area contributed by atoms with Crippen LogP contribution >= 0.6 is 0 Å². The van der Waals surface area contributed by atoms with Gasteiger partial charge in [0.1, 0.15) is 18.2 Å². The fourth-order valence-electron chi connectivity index (χ4n) is 3.97. The molecule has 32 heavy (non-hydrogen) atoms. The van der Waals surface area contributed by atoms with E-state index < -0.39 is 23.1 Å². The minimum atomic E-state index is -0.845. The number of fused-ring (bicyclic) bond motifs is 4. The molecule has 0 spiro atoms. The molecule has 0 radical (unpaired) electrons. The molecule has 7 nitrogen and oxygen atoms in total. The molecule has 166 valence electrons. The molecule has 0 unspecified atom stereocenters. The monoisotopic (exact) mass is 441 g/mol. The Morgan fingerprint density at radius 1 is 1.16 bits per heavy atom. The molecule has 2 bridgehead atoms. The van der Waals surface area contributed by atoms with Gasteiger partial charge in [0.05, 0.1) is 19.3 Å². The predicted molar refractivity (Wildman–Crippen MR) is 112 cm³/mol. The van der Waals surface area contributed by atoms with Crippen molar-refractivity contribution in [1.29, 1.82) is 0 Å². The SMILES string of the molecule is Cc1cccc(Oc2c(F)cc(COc3cc4n(c(=O)n3)C[C@@H]3CN4CCO3)cc2F)c1. The number of hydrogen-bond donors (Lipinski definition) is 0. The van der Waals surface area contributed by atoms with Gasteiger partial charge in [-0.3, -0.25) is 4.57 Å². The highest BCUT2D eigenvalue weighted by Crippen LogP contribution is 2.30. The highest BCUT2D eigenvalue weighted by molar-refractivity contribution is 5.45. The van der Waals surface area contributed by atoms with Gasteiger partial charge in [0.15, 0.2) is 17.4 Å². The van der Waals surface area contributed by atoms with Crippen molar-refractivity contribution in [3.8, 4) is 17.4 Å². The minimum absolute atomic E-state index is 0.0333. The number of aryl methyl sites for hydroxylation is 1. The van der Waals surface area contributed by atoms with Gasteiger partial charge in [-0.15, -0.1) is 0 Å². The summed E-state index contributed by atoms with van der Waals surface area (Å²) in [5.41, 5.74) is 0.717. The smallest absolute Gasteiger partial charge is 0.352 e. The van der Waals surface area contributed by atoms with E-state index in [9.17, 15) is 13.6 Å². The van der Waals surface area contributed by atoms with E-state index in [1.54, 1.807) is 28.8 Å². The van der Waals surface area contributed by atoms with Gasteiger partial charge in [0.25, 0.3) is 0 Å². The predicted octanol–water partition coefficient (Wildman–Crippen LogP) is 3.42. The largest absolute Gasteiger partial charge is 0.473 e. The van der Waals surface area contributed by atoms with Crippen molar-refractivity contribution >= 4 is 5.82 Å². The maximum absolute atomic E-state index is 14.5. The third-order valence-corrected chi connectivity index (χ3v) is 5.47. The number of hydrogen-bond acceptors (Lipinski definition) is 6. The summed E-state index contributed by atoms with van der Waals surface area (Å²) < 4.78 is 47.3. The number of rotatable bonds is 5. The lowest BCUT2D eigenvalue weighted by molar-refractivity contribution is 0.0195. The maximum atomic E-state index is 14.5. The summed E-state index contributed by atoms with van der Waals surface area (Å²) >= 11 is 0. The fraction of sp³-hybridized carbons (Fsp3) is 0.304. The van der Waals surface area contributed by atoms with Crippen LogP contribution in [0.1, 0.15) is 11.1 Å². The lowest BCUT2D eigenvalue weighted by Crippen LogP contribution is -2.52. The molecule has 3 heterocycles. The summed E-state index contributed by atoms with van der Waals surface area (Å²) in [5, 5.41) is 0. The number of halogens is 2. The number of benzene rings is 2. The van der Waals surface area contributed by atoms with E-state index >= 15 is 0 Å². The van der Waals surface area contributed by atoms with E-state index in [-0.39, 0.29) is 24.2 Å². The van der Waals surface area contributed by atoms with Gasteiger partial charge in [0, 0.05) is 19.2 Å². The van der Waals surface area contributed by atoms with Crippen LogP contribution < -0.4 is 20.1 Å². The molecule has 2 aliphatic rings. The third-order valence-electron chi connectivity index (χ3n) is 5.47. The van der Waals surface area contributed by atoms with Crippen LogP contribution in [-0.4, -0.2) is 35.4 Å². The van der Waals surface area contributed by atoms with Crippen LogP contribution in [0, 0.1) is 18.6 Å². The summed E-state index contributed by atoms with van der Waals surface area (Å²) in [4.78, 5) is 18.4. The zero-order valence-corrected chi connectivity index (χ0v) is 17.4. The lowest BCUT2D eigenvalue weighted by Gasteiger charge is -2.40. The molecule has 0 aliphatic carbocycles. The Bertz CT molecular complexity index is 1210. The second-order valence-corrected chi connectivity index (χ2v) is 7.88. The van der Waals surface area contributed by atoms with E-state index in [2.05, 4.69) is 4.98 Å². The van der Waals surface area contributed by atoms with Crippen molar-refractivity contribution in [2.45, 2.75) is 26.2 Å². The zero-order valence-electron chi connectivity index (χ0n) is 17.4. The summed E-state index contributed by atoms with van der Waals surface area (Å²) in [6.45, 7) is 4.10. The van der Waals surface area contributed by atoms with Crippen LogP contribution in [0.4, 0.5) is 14.6 Å². The molecular weight excluding hydrogens is 420 g/mol. The number of nitrogens with zero attached hydrogens (tertiary/aromatic N) is 3. The molecule has 2 aromatic carbocycles. The first-order valence-corrected chi connectivity index (χ1v) is 10.3. The maximum Gasteiger partial charge on any atom is 0.352 e. The van der Waals surface area contributed by atoms with E-state index in [4.69, 9.17) is 14.2 Å². The van der Waals surface area contributed by atoms with Crippen LogP contribution in [0.25, 0.3) is 0 Å². The molecule has 9 heteroatoms. The number of anilines is 1. The minimum Gasteiger partial charge on any atom is -0.473 e. The first-order valence-electron chi connectivity index (χ1n) is 10.3. The van der Waals surface area contributed by atoms with Crippen LogP contribution in [-0.2, 0) is 17.9 Å². The van der Waals surface area contributed by atoms with Gasteiger partial charge in [0.2, 0.25) is 5.88 Å². The van der Waals surface area contributed by atoms with Gasteiger partial charge in [-0.1, -0.05) is 12.1 Å². The van der Waals surface area contributed by atoms with Crippen molar-refractivity contribution in [3.63, 3.8) is 0 Å². The first-order chi connectivity index (χ1) is 15.5. The van der Waals surface area contributed by atoms with Crippen LogP contribution in [0.3, 0.4) is 0 Å². The normalized spacial score (nSPS) is 17.1. The Balaban J connectivity index is 1.33. The molecule has 2 aliphatic heterocycles. The van der Waals surface area contributed by atoms with Crippen LogP contribution in [0.2, 0.25) is 0 Å². The van der Waals surface area contributed by atoms with E-state index in [0.717, 1.165) is 17.7 Å². The molecule has 0 N–H and O–H groups in total. The summed E-state index contributed by atoms with van der Waals surface area (Å²) in [6, 6.07) is 10.9. The number of aromatic nitrogens is 2. The summed E-state index contributed by atoms with van der Waals surface area (Å²) in [6.07, 6.45) is -0.0333. The number of ether oxygens (including phenoxy) is 3. The molecule has 3 aromatic rings.